The van der Waals surface area contributed by atoms with Gasteiger partial charge < -0.3 is 20.7 Å². The van der Waals surface area contributed by atoms with E-state index in [0.29, 0.717) is 5.70 Å². The predicted octanol–water partition coefficient (Wildman–Crippen LogP) is 3.16. The monoisotopic (exact) mass is 353 g/mol. The van der Waals surface area contributed by atoms with Crippen molar-refractivity contribution in [2.75, 3.05) is 26.5 Å². The fraction of sp³-hybridized carbons (Fsp3) is 0.300. The van der Waals surface area contributed by atoms with Gasteiger partial charge in [-0.05, 0) is 50.8 Å². The van der Waals surface area contributed by atoms with Gasteiger partial charge in [-0.25, -0.2) is 4.99 Å². The Morgan fingerprint density at radius 1 is 1.23 bits per heavy atom. The van der Waals surface area contributed by atoms with Crippen LogP contribution in [0.15, 0.2) is 65.7 Å². The van der Waals surface area contributed by atoms with E-state index in [4.69, 9.17) is 10.5 Å². The highest BCUT2D eigenvalue weighted by molar-refractivity contribution is 6.06. The lowest BCUT2D eigenvalue weighted by molar-refractivity contribution is 0.171. The molecule has 1 heterocycles. The molecule has 138 valence electrons. The molecule has 3 N–H and O–H groups in total. The summed E-state index contributed by atoms with van der Waals surface area (Å²) in [6.45, 7) is 2.83. The fourth-order valence-electron chi connectivity index (χ4n) is 2.44. The lowest BCUT2D eigenvalue weighted by Crippen LogP contribution is -2.26. The Labute approximate surface area is 155 Å². The number of hydrogen-bond donors (Lipinski definition) is 2. The smallest absolute Gasteiger partial charge is 0.0984 e. The number of aliphatic imine (C=N–C) groups is 1. The zero-order valence-corrected chi connectivity index (χ0v) is 15.8. The van der Waals surface area contributed by atoms with Crippen LogP contribution in [0, 0.1) is 0 Å². The summed E-state index contributed by atoms with van der Waals surface area (Å²) in [6.07, 6.45) is 4.70. The molecule has 0 fully saturated rings. The van der Waals surface area contributed by atoms with Gasteiger partial charge in [0, 0.05) is 37.9 Å². The number of anilines is 1. The Balaban J connectivity index is 2.24. The lowest BCUT2D eigenvalue weighted by Gasteiger charge is -2.18. The molecule has 0 saturated carbocycles. The molecule has 0 saturated heterocycles. The van der Waals surface area contributed by atoms with Crippen LogP contribution in [0.5, 0.6) is 0 Å². The molecule has 6 heteroatoms. The lowest BCUT2D eigenvalue weighted by atomic mass is 10.1. The normalized spacial score (nSPS) is 13.7. The summed E-state index contributed by atoms with van der Waals surface area (Å²) in [5.41, 5.74) is 10.3. The summed E-state index contributed by atoms with van der Waals surface area (Å²) >= 11 is 0. The summed E-state index contributed by atoms with van der Waals surface area (Å²) in [6, 6.07) is 11.9. The zero-order chi connectivity index (χ0) is 18.9. The van der Waals surface area contributed by atoms with E-state index in [1.807, 2.05) is 31.2 Å². The van der Waals surface area contributed by atoms with Crippen molar-refractivity contribution < 1.29 is 4.74 Å². The number of hydrogen-bond acceptors (Lipinski definition) is 6. The molecule has 0 aliphatic heterocycles. The molecule has 1 atom stereocenters. The van der Waals surface area contributed by atoms with E-state index < -0.39 is 0 Å². The maximum Gasteiger partial charge on any atom is 0.0984 e. The van der Waals surface area contributed by atoms with Crippen LogP contribution in [-0.4, -0.2) is 42.9 Å². The van der Waals surface area contributed by atoms with Gasteiger partial charge >= 0.3 is 0 Å². The highest BCUT2D eigenvalue weighted by Crippen LogP contribution is 2.18. The van der Waals surface area contributed by atoms with Crippen LogP contribution in [-0.2, 0) is 11.3 Å². The van der Waals surface area contributed by atoms with Gasteiger partial charge in [0.1, 0.15) is 0 Å². The van der Waals surface area contributed by atoms with Crippen LogP contribution >= 0.6 is 0 Å². The van der Waals surface area contributed by atoms with E-state index in [-0.39, 0.29) is 6.10 Å². The number of aromatic nitrogens is 1. The van der Waals surface area contributed by atoms with E-state index in [1.54, 1.807) is 19.5 Å². The zero-order valence-electron chi connectivity index (χ0n) is 15.8. The SMILES string of the molecule is CO[C@@H](C)C(=Nc1ccncc1)C(=CN)Nc1ccc(CN(C)C)cc1. The number of nitrogens with two attached hydrogens (primary N) is 1. The van der Waals surface area contributed by atoms with Crippen molar-refractivity contribution in [3.05, 3.63) is 66.3 Å². The second-order valence-corrected chi connectivity index (χ2v) is 6.22. The van der Waals surface area contributed by atoms with Crippen LogP contribution in [0.4, 0.5) is 11.4 Å². The Morgan fingerprint density at radius 2 is 1.88 bits per heavy atom. The van der Waals surface area contributed by atoms with Gasteiger partial charge in [0.15, 0.2) is 0 Å². The molecule has 1 aromatic heterocycles. The molecule has 0 unspecified atom stereocenters. The van der Waals surface area contributed by atoms with Crippen LogP contribution in [0.2, 0.25) is 0 Å². The predicted molar refractivity (Wildman–Crippen MR) is 108 cm³/mol. The third-order valence-corrected chi connectivity index (χ3v) is 3.83. The van der Waals surface area contributed by atoms with Gasteiger partial charge in [0.05, 0.1) is 23.2 Å². The molecule has 0 spiro atoms. The average molecular weight is 353 g/mol. The first-order valence-electron chi connectivity index (χ1n) is 8.48. The minimum atomic E-state index is -0.224. The third kappa shape index (κ3) is 5.68. The minimum absolute atomic E-state index is 0.224. The van der Waals surface area contributed by atoms with Gasteiger partial charge in [-0.1, -0.05) is 12.1 Å². The molecule has 2 aromatic rings. The first-order chi connectivity index (χ1) is 12.5. The first-order valence-corrected chi connectivity index (χ1v) is 8.48. The van der Waals surface area contributed by atoms with E-state index in [2.05, 4.69) is 46.4 Å². The molecular weight excluding hydrogens is 326 g/mol. The highest BCUT2D eigenvalue weighted by atomic mass is 16.5. The topological polar surface area (TPSA) is 75.8 Å². The molecule has 26 heavy (non-hydrogen) atoms. The van der Waals surface area contributed by atoms with Crippen molar-refractivity contribution >= 4 is 17.1 Å². The van der Waals surface area contributed by atoms with Crippen LogP contribution < -0.4 is 11.1 Å². The number of pyridine rings is 1. The fourth-order valence-corrected chi connectivity index (χ4v) is 2.44. The van der Waals surface area contributed by atoms with Crippen molar-refractivity contribution in [1.82, 2.24) is 9.88 Å². The molecule has 0 bridgehead atoms. The first kappa shape index (κ1) is 19.6. The average Bonchev–Trinajstić information content (AvgIpc) is 2.65. The Kier molecular flexibility index (Phi) is 7.32. The minimum Gasteiger partial charge on any atom is -0.403 e. The maximum atomic E-state index is 5.88. The van der Waals surface area contributed by atoms with Crippen molar-refractivity contribution in [2.24, 2.45) is 10.7 Å². The standard InChI is InChI=1S/C20H27N5O/c1-15(26-4)20(24-18-9-11-22-12-10-18)19(13-21)23-17-7-5-16(6-8-17)14-25(2)3/h5-13,15,23H,14,21H2,1-4H3/t15-/m0/s1. The molecular formula is C20H27N5O. The number of benzene rings is 1. The van der Waals surface area contributed by atoms with E-state index in [1.165, 1.54) is 11.8 Å². The maximum absolute atomic E-state index is 5.88. The third-order valence-electron chi connectivity index (χ3n) is 3.83. The summed E-state index contributed by atoms with van der Waals surface area (Å²) in [5, 5.41) is 3.34. The van der Waals surface area contributed by atoms with E-state index >= 15 is 0 Å². The van der Waals surface area contributed by atoms with Crippen LogP contribution in [0.3, 0.4) is 0 Å². The molecule has 0 radical (unpaired) electrons. The van der Waals surface area contributed by atoms with E-state index in [0.717, 1.165) is 23.6 Å². The summed E-state index contributed by atoms with van der Waals surface area (Å²) in [5.74, 6) is 0. The molecule has 1 aromatic carbocycles. The van der Waals surface area contributed by atoms with Crippen molar-refractivity contribution in [1.29, 1.82) is 0 Å². The highest BCUT2D eigenvalue weighted by Gasteiger charge is 2.16. The number of rotatable bonds is 8. The largest absolute Gasteiger partial charge is 0.403 e. The van der Waals surface area contributed by atoms with Crippen molar-refractivity contribution in [2.45, 2.75) is 19.6 Å². The number of nitrogens with one attached hydrogen (secondary N) is 1. The van der Waals surface area contributed by atoms with Gasteiger partial charge in [-0.2, -0.15) is 0 Å². The second kappa shape index (κ2) is 9.70. The number of nitrogens with zero attached hydrogens (tertiary/aromatic N) is 3. The van der Waals surface area contributed by atoms with Crippen LogP contribution in [0.1, 0.15) is 12.5 Å². The molecule has 0 amide bonds. The Morgan fingerprint density at radius 3 is 2.42 bits per heavy atom. The van der Waals surface area contributed by atoms with Crippen LogP contribution in [0.25, 0.3) is 0 Å². The molecule has 2 rings (SSSR count). The van der Waals surface area contributed by atoms with Gasteiger partial charge in [0.2, 0.25) is 0 Å². The number of ether oxygens (including phenoxy) is 1. The van der Waals surface area contributed by atoms with Gasteiger partial charge in [-0.15, -0.1) is 0 Å². The van der Waals surface area contributed by atoms with Gasteiger partial charge in [0.25, 0.3) is 0 Å². The quantitative estimate of drug-likeness (QED) is 0.713. The second-order valence-electron chi connectivity index (χ2n) is 6.22. The van der Waals surface area contributed by atoms with Crippen molar-refractivity contribution in [3.8, 4) is 0 Å². The number of methoxy groups -OCH3 is 1. The summed E-state index contributed by atoms with van der Waals surface area (Å²) in [7, 11) is 5.75. The Bertz CT molecular complexity index is 739. The summed E-state index contributed by atoms with van der Waals surface area (Å²) < 4.78 is 5.48. The van der Waals surface area contributed by atoms with E-state index in [9.17, 15) is 0 Å². The Hall–Kier alpha value is -2.70. The molecule has 0 aliphatic rings. The summed E-state index contributed by atoms with van der Waals surface area (Å²) in [4.78, 5) is 10.8. The van der Waals surface area contributed by atoms with Crippen molar-refractivity contribution in [3.63, 3.8) is 0 Å². The van der Waals surface area contributed by atoms with Gasteiger partial charge in [-0.3, -0.25) is 4.98 Å². The molecule has 6 nitrogen and oxygen atoms in total. The molecule has 0 aliphatic carbocycles.